The SMILES string of the molecule is CCN(/C=C(\C(C)=O)c1ccc(Br)cc1)c1ccccc1. The van der Waals surface area contributed by atoms with Gasteiger partial charge in [0.05, 0.1) is 0 Å². The highest BCUT2D eigenvalue weighted by Crippen LogP contribution is 2.22. The number of hydrogen-bond donors (Lipinski definition) is 0. The first-order valence-electron chi connectivity index (χ1n) is 6.92. The second-order valence-corrected chi connectivity index (χ2v) is 5.64. The third kappa shape index (κ3) is 4.05. The molecule has 0 unspecified atom stereocenters. The first kappa shape index (κ1) is 15.5. The van der Waals surface area contributed by atoms with E-state index in [-0.39, 0.29) is 5.78 Å². The van der Waals surface area contributed by atoms with Gasteiger partial charge >= 0.3 is 0 Å². The van der Waals surface area contributed by atoms with E-state index in [2.05, 4.69) is 27.8 Å². The zero-order valence-electron chi connectivity index (χ0n) is 12.2. The molecule has 21 heavy (non-hydrogen) atoms. The summed E-state index contributed by atoms with van der Waals surface area (Å²) in [5, 5.41) is 0. The van der Waals surface area contributed by atoms with Crippen LogP contribution < -0.4 is 4.90 Å². The molecular weight excluding hydrogens is 326 g/mol. The van der Waals surface area contributed by atoms with Crippen LogP contribution in [0.1, 0.15) is 19.4 Å². The smallest absolute Gasteiger partial charge is 0.161 e. The minimum Gasteiger partial charge on any atom is -0.348 e. The molecule has 0 radical (unpaired) electrons. The lowest BCUT2D eigenvalue weighted by Gasteiger charge is -2.20. The number of ketones is 1. The maximum absolute atomic E-state index is 12.0. The number of carbonyl (C=O) groups is 1. The summed E-state index contributed by atoms with van der Waals surface area (Å²) in [7, 11) is 0. The maximum atomic E-state index is 12.0. The average molecular weight is 344 g/mol. The molecule has 0 spiro atoms. The van der Waals surface area contributed by atoms with Crippen LogP contribution in [0.3, 0.4) is 0 Å². The number of carbonyl (C=O) groups excluding carboxylic acids is 1. The van der Waals surface area contributed by atoms with Crippen molar-refractivity contribution in [3.05, 3.63) is 70.8 Å². The fourth-order valence-corrected chi connectivity index (χ4v) is 2.39. The lowest BCUT2D eigenvalue weighted by molar-refractivity contribution is -0.111. The number of anilines is 1. The van der Waals surface area contributed by atoms with Gasteiger partial charge in [-0.3, -0.25) is 4.79 Å². The Morgan fingerprint density at radius 1 is 1.10 bits per heavy atom. The summed E-state index contributed by atoms with van der Waals surface area (Å²) >= 11 is 3.42. The van der Waals surface area contributed by atoms with Crippen molar-refractivity contribution in [2.75, 3.05) is 11.4 Å². The molecule has 0 saturated heterocycles. The summed E-state index contributed by atoms with van der Waals surface area (Å²) in [6, 6.07) is 17.9. The van der Waals surface area contributed by atoms with Crippen molar-refractivity contribution in [2.24, 2.45) is 0 Å². The van der Waals surface area contributed by atoms with Crippen molar-refractivity contribution in [1.29, 1.82) is 0 Å². The van der Waals surface area contributed by atoms with Crippen molar-refractivity contribution >= 4 is 33.0 Å². The van der Waals surface area contributed by atoms with Crippen LogP contribution in [-0.2, 0) is 4.79 Å². The first-order chi connectivity index (χ1) is 10.1. The predicted octanol–water partition coefficient (Wildman–Crippen LogP) is 4.91. The molecule has 2 nitrogen and oxygen atoms in total. The lowest BCUT2D eigenvalue weighted by Crippen LogP contribution is -2.17. The highest BCUT2D eigenvalue weighted by molar-refractivity contribution is 9.10. The summed E-state index contributed by atoms with van der Waals surface area (Å²) in [6.07, 6.45) is 1.93. The molecule has 0 atom stereocenters. The van der Waals surface area contributed by atoms with Gasteiger partial charge in [0.1, 0.15) is 0 Å². The lowest BCUT2D eigenvalue weighted by atomic mass is 10.0. The van der Waals surface area contributed by atoms with E-state index in [4.69, 9.17) is 0 Å². The van der Waals surface area contributed by atoms with Gasteiger partial charge in [-0.1, -0.05) is 46.3 Å². The number of hydrogen-bond acceptors (Lipinski definition) is 2. The molecule has 0 aliphatic carbocycles. The quantitative estimate of drug-likeness (QED) is 0.719. The number of para-hydroxylation sites is 1. The van der Waals surface area contributed by atoms with Crippen molar-refractivity contribution in [1.82, 2.24) is 0 Å². The summed E-state index contributed by atoms with van der Waals surface area (Å²) in [5.74, 6) is 0.0618. The predicted molar refractivity (Wildman–Crippen MR) is 92.3 cm³/mol. The van der Waals surface area contributed by atoms with Crippen molar-refractivity contribution in [3.8, 4) is 0 Å². The van der Waals surface area contributed by atoms with Gasteiger partial charge in [0, 0.05) is 28.5 Å². The van der Waals surface area contributed by atoms with Crippen LogP contribution in [0.25, 0.3) is 5.57 Å². The van der Waals surface area contributed by atoms with E-state index in [0.29, 0.717) is 5.57 Å². The van der Waals surface area contributed by atoms with Gasteiger partial charge in [-0.25, -0.2) is 0 Å². The molecule has 0 aliphatic rings. The molecule has 2 rings (SSSR count). The number of Topliss-reactive ketones (excluding diaryl/α,β-unsaturated/α-hetero) is 1. The highest BCUT2D eigenvalue weighted by Gasteiger charge is 2.10. The van der Waals surface area contributed by atoms with E-state index in [1.165, 1.54) is 0 Å². The summed E-state index contributed by atoms with van der Waals surface area (Å²) in [5.41, 5.74) is 2.73. The molecule has 3 heteroatoms. The Hall–Kier alpha value is -1.87. The van der Waals surface area contributed by atoms with E-state index in [1.54, 1.807) is 6.92 Å². The van der Waals surface area contributed by atoms with Crippen LogP contribution in [0.4, 0.5) is 5.69 Å². The van der Waals surface area contributed by atoms with Crippen LogP contribution in [0.2, 0.25) is 0 Å². The van der Waals surface area contributed by atoms with E-state index < -0.39 is 0 Å². The van der Waals surface area contributed by atoms with Gasteiger partial charge < -0.3 is 4.90 Å². The number of benzene rings is 2. The van der Waals surface area contributed by atoms with Crippen LogP contribution in [-0.4, -0.2) is 12.3 Å². The first-order valence-corrected chi connectivity index (χ1v) is 7.71. The Balaban J connectivity index is 2.41. The molecule has 0 aromatic heterocycles. The molecule has 0 heterocycles. The fraction of sp³-hybridized carbons (Fsp3) is 0.167. The van der Waals surface area contributed by atoms with E-state index >= 15 is 0 Å². The van der Waals surface area contributed by atoms with Crippen molar-refractivity contribution in [3.63, 3.8) is 0 Å². The molecule has 0 aliphatic heterocycles. The van der Waals surface area contributed by atoms with E-state index in [9.17, 15) is 4.79 Å². The Labute approximate surface area is 134 Å². The number of allylic oxidation sites excluding steroid dienone is 1. The number of rotatable bonds is 5. The average Bonchev–Trinajstić information content (AvgIpc) is 2.50. The third-order valence-electron chi connectivity index (χ3n) is 3.25. The molecular formula is C18H18BrNO. The summed E-state index contributed by atoms with van der Waals surface area (Å²) in [4.78, 5) is 14.1. The fourth-order valence-electron chi connectivity index (χ4n) is 2.12. The molecule has 0 amide bonds. The summed E-state index contributed by atoms with van der Waals surface area (Å²) in [6.45, 7) is 4.48. The monoisotopic (exact) mass is 343 g/mol. The normalized spacial score (nSPS) is 11.3. The number of nitrogens with zero attached hydrogens (tertiary/aromatic N) is 1. The Morgan fingerprint density at radius 3 is 2.24 bits per heavy atom. The topological polar surface area (TPSA) is 20.3 Å². The van der Waals surface area contributed by atoms with Gasteiger partial charge in [0.2, 0.25) is 0 Å². The second-order valence-electron chi connectivity index (χ2n) is 4.73. The van der Waals surface area contributed by atoms with Gasteiger partial charge in [-0.2, -0.15) is 0 Å². The van der Waals surface area contributed by atoms with Gasteiger partial charge in [-0.05, 0) is 43.7 Å². The molecule has 0 saturated carbocycles. The molecule has 0 N–H and O–H groups in total. The molecule has 0 bridgehead atoms. The Kier molecular flexibility index (Phi) is 5.34. The molecule has 2 aromatic rings. The van der Waals surface area contributed by atoms with Crippen LogP contribution in [0.5, 0.6) is 0 Å². The minimum absolute atomic E-state index is 0.0618. The Bertz CT molecular complexity index is 632. The Morgan fingerprint density at radius 2 is 1.71 bits per heavy atom. The molecule has 108 valence electrons. The molecule has 2 aromatic carbocycles. The summed E-state index contributed by atoms with van der Waals surface area (Å²) < 4.78 is 1.00. The zero-order valence-corrected chi connectivity index (χ0v) is 13.8. The molecule has 0 fully saturated rings. The van der Waals surface area contributed by atoms with Gasteiger partial charge in [0.15, 0.2) is 5.78 Å². The highest BCUT2D eigenvalue weighted by atomic mass is 79.9. The van der Waals surface area contributed by atoms with Crippen molar-refractivity contribution < 1.29 is 4.79 Å². The number of halogens is 1. The second kappa shape index (κ2) is 7.23. The zero-order chi connectivity index (χ0) is 15.2. The van der Waals surface area contributed by atoms with Crippen molar-refractivity contribution in [2.45, 2.75) is 13.8 Å². The van der Waals surface area contributed by atoms with Crippen LogP contribution in [0.15, 0.2) is 65.3 Å². The van der Waals surface area contributed by atoms with Crippen LogP contribution in [0, 0.1) is 0 Å². The third-order valence-corrected chi connectivity index (χ3v) is 3.78. The standard InChI is InChI=1S/C18H18BrNO/c1-3-20(17-7-5-4-6-8-17)13-18(14(2)21)15-9-11-16(19)12-10-15/h4-13H,3H2,1-2H3/b18-13+. The largest absolute Gasteiger partial charge is 0.348 e. The van der Waals surface area contributed by atoms with E-state index in [0.717, 1.165) is 22.3 Å². The minimum atomic E-state index is 0.0618. The van der Waals surface area contributed by atoms with Gasteiger partial charge in [-0.15, -0.1) is 0 Å². The maximum Gasteiger partial charge on any atom is 0.161 e. The van der Waals surface area contributed by atoms with Gasteiger partial charge in [0.25, 0.3) is 0 Å². The van der Waals surface area contributed by atoms with Crippen LogP contribution >= 0.6 is 15.9 Å². The van der Waals surface area contributed by atoms with E-state index in [1.807, 2.05) is 60.8 Å².